The van der Waals surface area contributed by atoms with Gasteiger partial charge in [-0.15, -0.1) is 5.10 Å². The quantitative estimate of drug-likeness (QED) is 0.372. The molecule has 0 unspecified atom stereocenters. The number of carbonyl (C=O) groups excluding carboxylic acids is 2. The molecule has 1 aromatic rings. The summed E-state index contributed by atoms with van der Waals surface area (Å²) >= 11 is 0. The van der Waals surface area contributed by atoms with Crippen LogP contribution in [0.15, 0.2) is 29.4 Å². The fourth-order valence-corrected chi connectivity index (χ4v) is 1.29. The molecule has 0 atom stereocenters. The van der Waals surface area contributed by atoms with Crippen LogP contribution in [0.5, 0.6) is 5.75 Å². The number of rotatable bonds is 5. The van der Waals surface area contributed by atoms with Gasteiger partial charge in [0, 0.05) is 22.9 Å². The minimum Gasteiger partial charge on any atom is -0.507 e. The average molecular weight is 323 g/mol. The molecule has 0 aliphatic carbocycles. The van der Waals surface area contributed by atoms with Gasteiger partial charge in [0.1, 0.15) is 5.75 Å². The third kappa shape index (κ3) is 5.01. The Balaban J connectivity index is 0.00000361. The number of hydrogen-bond donors (Lipinski definition) is 2. The van der Waals surface area contributed by atoms with Gasteiger partial charge in [0.15, 0.2) is 0 Å². The zero-order valence-corrected chi connectivity index (χ0v) is 12.1. The second-order valence-corrected chi connectivity index (χ2v) is 3.58. The molecule has 20 heavy (non-hydrogen) atoms. The van der Waals surface area contributed by atoms with Gasteiger partial charge in [-0.3, -0.25) is 9.59 Å². The monoisotopic (exact) mass is 322 g/mol. The number of carbonyl (C=O) groups is 2. The summed E-state index contributed by atoms with van der Waals surface area (Å²) in [6.07, 6.45) is 0.227. The predicted octanol–water partition coefficient (Wildman–Crippen LogP) is 1.45. The van der Waals surface area contributed by atoms with Crippen molar-refractivity contribution in [3.63, 3.8) is 0 Å². The SMILES string of the molecule is CCOC(=NNC(=O)c1ccccc1O)C(=O)CC.[Ni]. The van der Waals surface area contributed by atoms with Crippen LogP contribution in [0.4, 0.5) is 0 Å². The minimum atomic E-state index is -0.612. The van der Waals surface area contributed by atoms with Gasteiger partial charge in [0.2, 0.25) is 5.78 Å². The van der Waals surface area contributed by atoms with Gasteiger partial charge >= 0.3 is 0 Å². The maximum atomic E-state index is 11.7. The number of ketones is 1. The number of ether oxygens (including phenoxy) is 1. The molecule has 0 radical (unpaired) electrons. The fraction of sp³-hybridized carbons (Fsp3) is 0.308. The molecule has 0 bridgehead atoms. The molecule has 0 aromatic heterocycles. The molecule has 0 saturated heterocycles. The molecule has 1 amide bonds. The van der Waals surface area contributed by atoms with E-state index in [9.17, 15) is 14.7 Å². The van der Waals surface area contributed by atoms with E-state index in [1.807, 2.05) is 0 Å². The van der Waals surface area contributed by atoms with Gasteiger partial charge in [-0.1, -0.05) is 19.1 Å². The Morgan fingerprint density at radius 2 is 1.95 bits per heavy atom. The van der Waals surface area contributed by atoms with Gasteiger partial charge in [-0.2, -0.15) is 0 Å². The first kappa shape index (κ1) is 18.1. The largest absolute Gasteiger partial charge is 0.507 e. The van der Waals surface area contributed by atoms with Crippen molar-refractivity contribution in [2.75, 3.05) is 6.61 Å². The van der Waals surface area contributed by atoms with Crippen LogP contribution in [0.25, 0.3) is 0 Å². The van der Waals surface area contributed by atoms with Crippen molar-refractivity contribution in [1.29, 1.82) is 0 Å². The van der Waals surface area contributed by atoms with Crippen molar-refractivity contribution in [1.82, 2.24) is 5.43 Å². The maximum absolute atomic E-state index is 11.7. The van der Waals surface area contributed by atoms with Gasteiger partial charge in [-0.05, 0) is 19.1 Å². The molecule has 0 spiro atoms. The van der Waals surface area contributed by atoms with E-state index >= 15 is 0 Å². The summed E-state index contributed by atoms with van der Waals surface area (Å²) in [5.74, 6) is -1.22. The molecule has 0 heterocycles. The molecule has 0 aliphatic rings. The number of benzene rings is 1. The van der Waals surface area contributed by atoms with Crippen molar-refractivity contribution >= 4 is 17.6 Å². The number of Topliss-reactive ketones (excluding diaryl/α,β-unsaturated/α-hetero) is 1. The maximum Gasteiger partial charge on any atom is 0.275 e. The zero-order chi connectivity index (χ0) is 14.3. The third-order valence-corrected chi connectivity index (χ3v) is 2.25. The van der Waals surface area contributed by atoms with E-state index in [0.717, 1.165) is 0 Å². The van der Waals surface area contributed by atoms with E-state index in [0.29, 0.717) is 0 Å². The van der Waals surface area contributed by atoms with Crippen LogP contribution in [0.3, 0.4) is 0 Å². The standard InChI is InChI=1S/C13H16N2O4.Ni/c1-3-10(16)13(19-4-2)15-14-12(18)9-7-5-6-8-11(9)17;/h5-8,17H,3-4H2,1-2H3,(H,14,18);. The Morgan fingerprint density at radius 3 is 2.50 bits per heavy atom. The summed E-state index contributed by atoms with van der Waals surface area (Å²) in [5, 5.41) is 13.1. The van der Waals surface area contributed by atoms with Crippen LogP contribution < -0.4 is 5.43 Å². The summed E-state index contributed by atoms with van der Waals surface area (Å²) in [5.41, 5.74) is 2.26. The second kappa shape index (κ2) is 9.10. The number of para-hydroxylation sites is 1. The van der Waals surface area contributed by atoms with Crippen LogP contribution in [0, 0.1) is 0 Å². The third-order valence-electron chi connectivity index (χ3n) is 2.25. The van der Waals surface area contributed by atoms with Crippen molar-refractivity contribution < 1.29 is 35.9 Å². The number of hydrazone groups is 1. The molecule has 0 aliphatic heterocycles. The molecule has 1 aromatic carbocycles. The fourth-order valence-electron chi connectivity index (χ4n) is 1.29. The first-order valence-corrected chi connectivity index (χ1v) is 5.92. The summed E-state index contributed by atoms with van der Waals surface area (Å²) in [6, 6.07) is 6.04. The van der Waals surface area contributed by atoms with Gasteiger partial charge < -0.3 is 9.84 Å². The number of nitrogens with zero attached hydrogens (tertiary/aromatic N) is 1. The van der Waals surface area contributed by atoms with E-state index in [1.165, 1.54) is 12.1 Å². The van der Waals surface area contributed by atoms with E-state index in [4.69, 9.17) is 4.74 Å². The minimum absolute atomic E-state index is 0. The smallest absolute Gasteiger partial charge is 0.275 e. The van der Waals surface area contributed by atoms with Crippen LogP contribution in [0.2, 0.25) is 0 Å². The molecular weight excluding hydrogens is 307 g/mol. The molecule has 1 rings (SSSR count). The number of nitrogens with one attached hydrogen (secondary N) is 1. The van der Waals surface area contributed by atoms with E-state index in [-0.39, 0.29) is 52.5 Å². The number of hydrogen-bond acceptors (Lipinski definition) is 5. The summed E-state index contributed by atoms with van der Waals surface area (Å²) in [7, 11) is 0. The van der Waals surface area contributed by atoms with Crippen LogP contribution in [-0.4, -0.2) is 29.3 Å². The van der Waals surface area contributed by atoms with Gasteiger partial charge in [-0.25, -0.2) is 5.43 Å². The Kier molecular flexibility index (Phi) is 8.24. The number of amides is 1. The van der Waals surface area contributed by atoms with Gasteiger partial charge in [0.25, 0.3) is 11.8 Å². The van der Waals surface area contributed by atoms with Crippen molar-refractivity contribution in [3.05, 3.63) is 29.8 Å². The molecule has 112 valence electrons. The number of aromatic hydroxyl groups is 1. The van der Waals surface area contributed by atoms with Crippen LogP contribution >= 0.6 is 0 Å². The Labute approximate surface area is 127 Å². The molecule has 0 saturated carbocycles. The normalized spacial score (nSPS) is 10.4. The first-order chi connectivity index (χ1) is 9.10. The topological polar surface area (TPSA) is 88.0 Å². The molecule has 0 fully saturated rings. The number of phenolic OH excluding ortho intramolecular Hbond substituents is 1. The number of phenols is 1. The van der Waals surface area contributed by atoms with Crippen molar-refractivity contribution in [3.8, 4) is 5.75 Å². The molecule has 6 nitrogen and oxygen atoms in total. The average Bonchev–Trinajstić information content (AvgIpc) is 2.42. The van der Waals surface area contributed by atoms with Crippen LogP contribution in [0.1, 0.15) is 30.6 Å². The van der Waals surface area contributed by atoms with Crippen molar-refractivity contribution in [2.24, 2.45) is 5.10 Å². The van der Waals surface area contributed by atoms with E-state index < -0.39 is 5.91 Å². The van der Waals surface area contributed by atoms with Crippen LogP contribution in [-0.2, 0) is 26.0 Å². The summed E-state index contributed by atoms with van der Waals surface area (Å²) in [4.78, 5) is 23.2. The molecule has 7 heteroatoms. The summed E-state index contributed by atoms with van der Waals surface area (Å²) in [6.45, 7) is 3.65. The van der Waals surface area contributed by atoms with Crippen molar-refractivity contribution in [2.45, 2.75) is 20.3 Å². The van der Waals surface area contributed by atoms with E-state index in [2.05, 4.69) is 10.5 Å². The first-order valence-electron chi connectivity index (χ1n) is 5.92. The Bertz CT molecular complexity index is 503. The molecular formula is C13H16N2NiO4. The summed E-state index contributed by atoms with van der Waals surface area (Å²) < 4.78 is 5.03. The van der Waals surface area contributed by atoms with E-state index in [1.54, 1.807) is 26.0 Å². The molecule has 2 N–H and O–H groups in total. The second-order valence-electron chi connectivity index (χ2n) is 3.58. The Morgan fingerprint density at radius 1 is 1.30 bits per heavy atom. The Hall–Kier alpha value is -1.88. The zero-order valence-electron chi connectivity index (χ0n) is 11.2. The predicted molar refractivity (Wildman–Crippen MR) is 69.9 cm³/mol. The van der Waals surface area contributed by atoms with Gasteiger partial charge in [0.05, 0.1) is 12.2 Å².